The van der Waals surface area contributed by atoms with Gasteiger partial charge in [0.2, 0.25) is 5.91 Å². The van der Waals surface area contributed by atoms with Crippen LogP contribution in [0.5, 0.6) is 5.75 Å². The van der Waals surface area contributed by atoms with Gasteiger partial charge in [-0.3, -0.25) is 9.69 Å². The fourth-order valence-corrected chi connectivity index (χ4v) is 3.53. The third-order valence-electron chi connectivity index (χ3n) is 4.65. The Bertz CT molecular complexity index is 749. The van der Waals surface area contributed by atoms with Crippen molar-refractivity contribution in [1.82, 2.24) is 4.90 Å². The molecule has 1 aliphatic rings. The SMILES string of the molecule is COc1cc(Cl)c(C)cc1NC(=O)CN1CCC[C@@H]1c1ccccc1. The summed E-state index contributed by atoms with van der Waals surface area (Å²) in [5, 5.41) is 3.59. The standard InChI is InChI=1S/C20H23ClN2O2/c1-14-11-17(19(25-2)12-16(14)21)22-20(24)13-23-10-6-9-18(23)15-7-4-3-5-8-15/h3-5,7-8,11-12,18H,6,9-10,13H2,1-2H3,(H,22,24)/t18-/m1/s1. The second-order valence-electron chi connectivity index (χ2n) is 6.39. The Morgan fingerprint density at radius 1 is 1.32 bits per heavy atom. The Hall–Kier alpha value is -2.04. The number of hydrogen-bond acceptors (Lipinski definition) is 3. The zero-order valence-corrected chi connectivity index (χ0v) is 15.3. The zero-order chi connectivity index (χ0) is 17.8. The summed E-state index contributed by atoms with van der Waals surface area (Å²) in [6.07, 6.45) is 2.19. The molecule has 0 bridgehead atoms. The van der Waals surface area contributed by atoms with Gasteiger partial charge < -0.3 is 10.1 Å². The first-order valence-corrected chi connectivity index (χ1v) is 8.89. The van der Waals surface area contributed by atoms with E-state index in [0.717, 1.165) is 24.9 Å². The number of benzene rings is 2. The van der Waals surface area contributed by atoms with Crippen molar-refractivity contribution in [2.75, 3.05) is 25.5 Å². The minimum Gasteiger partial charge on any atom is -0.495 e. The van der Waals surface area contributed by atoms with Crippen molar-refractivity contribution in [2.45, 2.75) is 25.8 Å². The number of likely N-dealkylation sites (tertiary alicyclic amines) is 1. The summed E-state index contributed by atoms with van der Waals surface area (Å²) >= 11 is 6.12. The van der Waals surface area contributed by atoms with Crippen LogP contribution in [0.25, 0.3) is 0 Å². The van der Waals surface area contributed by atoms with Gasteiger partial charge in [0.05, 0.1) is 19.3 Å². The molecule has 0 saturated carbocycles. The molecule has 0 aromatic heterocycles. The number of ether oxygens (including phenoxy) is 1. The molecule has 1 heterocycles. The molecule has 4 nitrogen and oxygen atoms in total. The topological polar surface area (TPSA) is 41.6 Å². The second-order valence-corrected chi connectivity index (χ2v) is 6.80. The van der Waals surface area contributed by atoms with Gasteiger partial charge in [0.1, 0.15) is 5.75 Å². The van der Waals surface area contributed by atoms with Crippen molar-refractivity contribution in [3.05, 3.63) is 58.6 Å². The van der Waals surface area contributed by atoms with E-state index in [2.05, 4.69) is 22.3 Å². The summed E-state index contributed by atoms with van der Waals surface area (Å²) in [7, 11) is 1.57. The van der Waals surface area contributed by atoms with E-state index in [1.54, 1.807) is 13.2 Å². The van der Waals surface area contributed by atoms with Gasteiger partial charge in [0, 0.05) is 17.1 Å². The molecule has 5 heteroatoms. The Kier molecular flexibility index (Phi) is 5.61. The van der Waals surface area contributed by atoms with E-state index in [0.29, 0.717) is 29.0 Å². The summed E-state index contributed by atoms with van der Waals surface area (Å²) in [6, 6.07) is 14.3. The van der Waals surface area contributed by atoms with Gasteiger partial charge in [0.15, 0.2) is 0 Å². The van der Waals surface area contributed by atoms with E-state index < -0.39 is 0 Å². The number of carbonyl (C=O) groups excluding carboxylic acids is 1. The van der Waals surface area contributed by atoms with Crippen LogP contribution in [0.15, 0.2) is 42.5 Å². The van der Waals surface area contributed by atoms with Gasteiger partial charge in [-0.05, 0) is 43.5 Å². The largest absolute Gasteiger partial charge is 0.495 e. The molecule has 0 aliphatic carbocycles. The number of amides is 1. The van der Waals surface area contributed by atoms with E-state index in [9.17, 15) is 4.79 Å². The van der Waals surface area contributed by atoms with Crippen LogP contribution < -0.4 is 10.1 Å². The smallest absolute Gasteiger partial charge is 0.238 e. The molecule has 0 unspecified atom stereocenters. The van der Waals surface area contributed by atoms with E-state index in [1.165, 1.54) is 5.56 Å². The molecule has 1 amide bonds. The lowest BCUT2D eigenvalue weighted by molar-refractivity contribution is -0.117. The minimum absolute atomic E-state index is 0.0390. The Morgan fingerprint density at radius 3 is 2.80 bits per heavy atom. The quantitative estimate of drug-likeness (QED) is 0.859. The van der Waals surface area contributed by atoms with Crippen LogP contribution in [0.3, 0.4) is 0 Å². The highest BCUT2D eigenvalue weighted by Gasteiger charge is 2.27. The first-order valence-electron chi connectivity index (χ1n) is 8.51. The van der Waals surface area contributed by atoms with Gasteiger partial charge in [0.25, 0.3) is 0 Å². The maximum atomic E-state index is 12.6. The fraction of sp³-hybridized carbons (Fsp3) is 0.350. The number of nitrogens with one attached hydrogen (secondary N) is 1. The van der Waals surface area contributed by atoms with Crippen molar-refractivity contribution < 1.29 is 9.53 Å². The second kappa shape index (κ2) is 7.89. The number of anilines is 1. The minimum atomic E-state index is -0.0390. The normalized spacial score (nSPS) is 17.5. The maximum absolute atomic E-state index is 12.6. The molecular formula is C20H23ClN2O2. The molecule has 2 aromatic carbocycles. The molecule has 132 valence electrons. The number of nitrogens with zero attached hydrogens (tertiary/aromatic N) is 1. The maximum Gasteiger partial charge on any atom is 0.238 e. The lowest BCUT2D eigenvalue weighted by Gasteiger charge is -2.24. The lowest BCUT2D eigenvalue weighted by Crippen LogP contribution is -2.33. The van der Waals surface area contributed by atoms with E-state index in [-0.39, 0.29) is 5.91 Å². The zero-order valence-electron chi connectivity index (χ0n) is 14.6. The molecule has 1 N–H and O–H groups in total. The highest BCUT2D eigenvalue weighted by atomic mass is 35.5. The van der Waals surface area contributed by atoms with E-state index >= 15 is 0 Å². The summed E-state index contributed by atoms with van der Waals surface area (Å²) in [4.78, 5) is 14.8. The average molecular weight is 359 g/mol. The van der Waals surface area contributed by atoms with Crippen LogP contribution >= 0.6 is 11.6 Å². The highest BCUT2D eigenvalue weighted by Crippen LogP contribution is 2.33. The van der Waals surface area contributed by atoms with Gasteiger partial charge in [-0.25, -0.2) is 0 Å². The van der Waals surface area contributed by atoms with Crippen molar-refractivity contribution in [1.29, 1.82) is 0 Å². The summed E-state index contributed by atoms with van der Waals surface area (Å²) in [6.45, 7) is 3.21. The monoisotopic (exact) mass is 358 g/mol. The number of hydrogen-bond donors (Lipinski definition) is 1. The number of carbonyl (C=O) groups is 1. The predicted molar refractivity (Wildman–Crippen MR) is 101 cm³/mol. The van der Waals surface area contributed by atoms with Crippen LogP contribution in [0.1, 0.15) is 30.0 Å². The summed E-state index contributed by atoms with van der Waals surface area (Å²) in [5.74, 6) is 0.535. The molecule has 3 rings (SSSR count). The highest BCUT2D eigenvalue weighted by molar-refractivity contribution is 6.31. The number of aryl methyl sites for hydroxylation is 1. The third-order valence-corrected chi connectivity index (χ3v) is 5.06. The van der Waals surface area contributed by atoms with Gasteiger partial charge in [-0.1, -0.05) is 41.9 Å². The van der Waals surface area contributed by atoms with Crippen molar-refractivity contribution >= 4 is 23.2 Å². The first-order chi connectivity index (χ1) is 12.1. The van der Waals surface area contributed by atoms with Gasteiger partial charge >= 0.3 is 0 Å². The Morgan fingerprint density at radius 2 is 2.08 bits per heavy atom. The molecule has 0 radical (unpaired) electrons. The Labute approximate surface area is 153 Å². The van der Waals surface area contributed by atoms with Crippen LogP contribution in [0.4, 0.5) is 5.69 Å². The average Bonchev–Trinajstić information content (AvgIpc) is 3.06. The molecule has 25 heavy (non-hydrogen) atoms. The van der Waals surface area contributed by atoms with Crippen molar-refractivity contribution in [3.63, 3.8) is 0 Å². The van der Waals surface area contributed by atoms with Gasteiger partial charge in [-0.15, -0.1) is 0 Å². The molecule has 1 fully saturated rings. The number of methoxy groups -OCH3 is 1. The number of halogens is 1. The van der Waals surface area contributed by atoms with Crippen LogP contribution in [-0.2, 0) is 4.79 Å². The summed E-state index contributed by atoms with van der Waals surface area (Å²) in [5.41, 5.74) is 2.83. The van der Waals surface area contributed by atoms with Gasteiger partial charge in [-0.2, -0.15) is 0 Å². The van der Waals surface area contributed by atoms with Crippen LogP contribution in [-0.4, -0.2) is 31.0 Å². The molecule has 2 aromatic rings. The lowest BCUT2D eigenvalue weighted by atomic mass is 10.0. The fourth-order valence-electron chi connectivity index (χ4n) is 3.37. The van der Waals surface area contributed by atoms with E-state index in [4.69, 9.17) is 16.3 Å². The third kappa shape index (κ3) is 4.14. The molecule has 1 atom stereocenters. The molecule has 1 saturated heterocycles. The van der Waals surface area contributed by atoms with Crippen molar-refractivity contribution in [2.24, 2.45) is 0 Å². The molecular weight excluding hydrogens is 336 g/mol. The molecule has 0 spiro atoms. The van der Waals surface area contributed by atoms with E-state index in [1.807, 2.05) is 31.2 Å². The van der Waals surface area contributed by atoms with Crippen LogP contribution in [0, 0.1) is 6.92 Å². The Balaban J connectivity index is 1.69. The predicted octanol–water partition coefficient (Wildman–Crippen LogP) is 4.43. The van der Waals surface area contributed by atoms with Crippen LogP contribution in [0.2, 0.25) is 5.02 Å². The number of rotatable bonds is 5. The first kappa shape index (κ1) is 17.8. The van der Waals surface area contributed by atoms with Crippen molar-refractivity contribution in [3.8, 4) is 5.75 Å². The molecule has 1 aliphatic heterocycles. The summed E-state index contributed by atoms with van der Waals surface area (Å²) < 4.78 is 5.33.